The highest BCUT2D eigenvalue weighted by Crippen LogP contribution is 2.43. The Morgan fingerprint density at radius 2 is 1.39 bits per heavy atom. The van der Waals surface area contributed by atoms with E-state index in [9.17, 15) is 18.5 Å². The van der Waals surface area contributed by atoms with E-state index in [1.54, 1.807) is 0 Å². The Bertz CT molecular complexity index is 1650. The van der Waals surface area contributed by atoms with Gasteiger partial charge in [0.2, 0.25) is 10.0 Å². The van der Waals surface area contributed by atoms with Crippen molar-refractivity contribution in [1.82, 2.24) is 4.31 Å². The number of nitro benzene ring substituents is 1. The molecule has 2 unspecified atom stereocenters. The van der Waals surface area contributed by atoms with Crippen molar-refractivity contribution in [2.24, 2.45) is 5.92 Å². The second-order valence-electron chi connectivity index (χ2n) is 14.7. The molecule has 11 nitrogen and oxygen atoms in total. The Balaban J connectivity index is 1.41. The van der Waals surface area contributed by atoms with E-state index in [4.69, 9.17) is 23.4 Å². The van der Waals surface area contributed by atoms with Gasteiger partial charge < -0.3 is 23.4 Å². The van der Waals surface area contributed by atoms with E-state index in [-0.39, 0.29) is 28.1 Å². The number of ether oxygens (including phenoxy) is 4. The van der Waals surface area contributed by atoms with Gasteiger partial charge in [-0.2, -0.15) is 4.31 Å². The van der Waals surface area contributed by atoms with Gasteiger partial charge in [-0.15, -0.1) is 0 Å². The van der Waals surface area contributed by atoms with Crippen LogP contribution in [0.4, 0.5) is 5.69 Å². The molecule has 3 saturated heterocycles. The van der Waals surface area contributed by atoms with Gasteiger partial charge in [0.1, 0.15) is 0 Å². The van der Waals surface area contributed by atoms with Gasteiger partial charge in [0, 0.05) is 44.0 Å². The molecule has 0 N–H and O–H groups in total. The molecule has 3 fully saturated rings. The molecular weight excluding hydrogens is 689 g/mol. The molecule has 3 aliphatic rings. The average molecular weight is 739 g/mol. The molecule has 276 valence electrons. The number of hydrogen-bond acceptors (Lipinski definition) is 9. The highest BCUT2D eigenvalue weighted by molar-refractivity contribution is 7.89. The fourth-order valence-corrected chi connectivity index (χ4v) is 14.2. The molecule has 0 bridgehead atoms. The van der Waals surface area contributed by atoms with Crippen LogP contribution in [-0.4, -0.2) is 83.7 Å². The van der Waals surface area contributed by atoms with Crippen molar-refractivity contribution in [2.45, 2.75) is 87.4 Å². The maximum absolute atomic E-state index is 14.0. The van der Waals surface area contributed by atoms with Crippen LogP contribution >= 0.6 is 0 Å². The van der Waals surface area contributed by atoms with Crippen molar-refractivity contribution >= 4 is 34.4 Å². The smallest absolute Gasteiger partial charge is 0.269 e. The largest absolute Gasteiger partial charge is 0.404 e. The van der Waals surface area contributed by atoms with Crippen LogP contribution in [0.5, 0.6) is 0 Å². The predicted molar refractivity (Wildman–Crippen MR) is 196 cm³/mol. The highest BCUT2D eigenvalue weighted by Gasteiger charge is 2.54. The molecule has 1 spiro atoms. The zero-order chi connectivity index (χ0) is 36.1. The SMILES string of the molecule is CC(C)(C)[Si](OC1CC2(CCCCN(S(=O)(=O)c3ccc([N+](=O)[O-])cc3)CCCC1C1OCCO1)OCCO2)(c1ccccc1)c1ccccc1. The van der Waals surface area contributed by atoms with Gasteiger partial charge in [0.05, 0.1) is 42.4 Å². The van der Waals surface area contributed by atoms with E-state index in [1.807, 2.05) is 12.1 Å². The summed E-state index contributed by atoms with van der Waals surface area (Å²) in [4.78, 5) is 10.8. The first-order chi connectivity index (χ1) is 24.5. The summed E-state index contributed by atoms with van der Waals surface area (Å²) in [5, 5.41) is 13.3. The van der Waals surface area contributed by atoms with Crippen LogP contribution in [0.3, 0.4) is 0 Å². The summed E-state index contributed by atoms with van der Waals surface area (Å²) in [5.74, 6) is -1.17. The van der Waals surface area contributed by atoms with E-state index in [1.165, 1.54) is 28.6 Å². The van der Waals surface area contributed by atoms with Gasteiger partial charge >= 0.3 is 0 Å². The Kier molecular flexibility index (Phi) is 11.8. The topological polar surface area (TPSA) is 127 Å². The summed E-state index contributed by atoms with van der Waals surface area (Å²) in [6.45, 7) is 9.20. The van der Waals surface area contributed by atoms with Crippen LogP contribution in [-0.2, 0) is 33.4 Å². The zero-order valence-corrected chi connectivity index (χ0v) is 31.6. The zero-order valence-electron chi connectivity index (χ0n) is 29.8. The van der Waals surface area contributed by atoms with Gasteiger partial charge in [-0.05, 0) is 53.2 Å². The number of nitrogens with zero attached hydrogens (tertiary/aromatic N) is 2. The quantitative estimate of drug-likeness (QED) is 0.165. The number of nitro groups is 1. The fourth-order valence-electron chi connectivity index (χ4n) is 7.91. The molecule has 0 amide bonds. The van der Waals surface area contributed by atoms with Crippen LogP contribution < -0.4 is 10.4 Å². The summed E-state index contributed by atoms with van der Waals surface area (Å²) < 4.78 is 62.8. The molecule has 0 saturated carbocycles. The lowest BCUT2D eigenvalue weighted by atomic mass is 9.89. The normalized spacial score (nSPS) is 23.1. The molecule has 3 aromatic rings. The molecule has 3 aliphatic heterocycles. The number of hydrogen-bond donors (Lipinski definition) is 0. The molecule has 0 aliphatic carbocycles. The number of sulfonamides is 1. The van der Waals surface area contributed by atoms with Crippen molar-refractivity contribution in [2.75, 3.05) is 39.5 Å². The summed E-state index contributed by atoms with van der Waals surface area (Å²) in [6, 6.07) is 26.2. The van der Waals surface area contributed by atoms with Crippen LogP contribution in [0.15, 0.2) is 89.8 Å². The Morgan fingerprint density at radius 3 is 1.94 bits per heavy atom. The van der Waals surface area contributed by atoms with E-state index >= 15 is 0 Å². The van der Waals surface area contributed by atoms with Gasteiger partial charge in [0.25, 0.3) is 14.0 Å². The third-order valence-corrected chi connectivity index (χ3v) is 17.4. The maximum atomic E-state index is 14.0. The fraction of sp³-hybridized carbons (Fsp3) is 0.526. The van der Waals surface area contributed by atoms with Gasteiger partial charge in [0.15, 0.2) is 12.1 Å². The molecule has 6 rings (SSSR count). The lowest BCUT2D eigenvalue weighted by molar-refractivity contribution is -0.384. The second-order valence-corrected chi connectivity index (χ2v) is 20.9. The van der Waals surface area contributed by atoms with Crippen molar-refractivity contribution in [3.05, 3.63) is 95.0 Å². The lowest BCUT2D eigenvalue weighted by Gasteiger charge is -2.48. The number of benzene rings is 3. The lowest BCUT2D eigenvalue weighted by Crippen LogP contribution is -2.68. The monoisotopic (exact) mass is 738 g/mol. The predicted octanol–water partition coefficient (Wildman–Crippen LogP) is 5.62. The minimum atomic E-state index is -3.93. The van der Waals surface area contributed by atoms with Crippen molar-refractivity contribution < 1.29 is 36.7 Å². The molecule has 51 heavy (non-hydrogen) atoms. The summed E-state index contributed by atoms with van der Waals surface area (Å²) in [6.07, 6.45) is 2.43. The molecule has 0 aromatic heterocycles. The summed E-state index contributed by atoms with van der Waals surface area (Å²) in [7, 11) is -6.99. The average Bonchev–Trinajstić information content (AvgIpc) is 3.82. The molecule has 13 heteroatoms. The standard InChI is InChI=1S/C38H50N2O9SSi/c1-37(2,3)51(32-13-6-4-7-14-32,33-15-8-5-9-16-33)49-35-29-38(47-27-28-48-38)22-10-11-23-39(24-12-17-34(35)36-45-25-26-46-36)50(43,44)31-20-18-30(19-21-31)40(41)42/h4-9,13-16,18-21,34-36H,10-12,17,22-29H2,1-3H3. The molecule has 3 heterocycles. The van der Waals surface area contributed by atoms with Crippen LogP contribution in [0, 0.1) is 16.0 Å². The first-order valence-corrected chi connectivity index (χ1v) is 21.3. The highest BCUT2D eigenvalue weighted by atomic mass is 32.2. The third-order valence-electron chi connectivity index (χ3n) is 10.4. The van der Waals surface area contributed by atoms with E-state index in [2.05, 4.69) is 69.3 Å². The third kappa shape index (κ3) is 8.15. The number of rotatable bonds is 8. The first-order valence-electron chi connectivity index (χ1n) is 18.0. The van der Waals surface area contributed by atoms with Crippen molar-refractivity contribution in [1.29, 1.82) is 0 Å². The van der Waals surface area contributed by atoms with Gasteiger partial charge in [-0.3, -0.25) is 10.1 Å². The van der Waals surface area contributed by atoms with Gasteiger partial charge in [-0.25, -0.2) is 8.42 Å². The van der Waals surface area contributed by atoms with Crippen molar-refractivity contribution in [3.8, 4) is 0 Å². The van der Waals surface area contributed by atoms with E-state index < -0.39 is 41.4 Å². The Labute approximate surface area is 302 Å². The Morgan fingerprint density at radius 1 is 0.824 bits per heavy atom. The summed E-state index contributed by atoms with van der Waals surface area (Å²) in [5.41, 5.74) is -0.157. The van der Waals surface area contributed by atoms with Crippen LogP contribution in [0.2, 0.25) is 5.04 Å². The summed E-state index contributed by atoms with van der Waals surface area (Å²) >= 11 is 0. The van der Waals surface area contributed by atoms with Crippen LogP contribution in [0.1, 0.15) is 59.3 Å². The van der Waals surface area contributed by atoms with Crippen LogP contribution in [0.25, 0.3) is 0 Å². The minimum absolute atomic E-state index is 0.0334. The Hall–Kier alpha value is -3.01. The van der Waals surface area contributed by atoms with Crippen molar-refractivity contribution in [3.63, 3.8) is 0 Å². The molecule has 3 aromatic carbocycles. The van der Waals surface area contributed by atoms with E-state index in [0.29, 0.717) is 71.5 Å². The minimum Gasteiger partial charge on any atom is -0.404 e. The maximum Gasteiger partial charge on any atom is 0.269 e. The second kappa shape index (κ2) is 15.9. The first kappa shape index (κ1) is 37.7. The molecule has 2 atom stereocenters. The van der Waals surface area contributed by atoms with E-state index in [0.717, 1.165) is 10.4 Å². The molecule has 0 radical (unpaired) electrons. The number of non-ortho nitro benzene ring substituents is 1. The molecular formula is C38H50N2O9SSi. The van der Waals surface area contributed by atoms with Gasteiger partial charge in [-0.1, -0.05) is 81.4 Å².